The molecule has 22 heavy (non-hydrogen) atoms. The number of hydrogen-bond acceptors (Lipinski definition) is 5. The van der Waals surface area contributed by atoms with Gasteiger partial charge in [0.2, 0.25) is 5.91 Å². The zero-order valence-corrected chi connectivity index (χ0v) is 15.0. The quantitative estimate of drug-likeness (QED) is 0.692. The van der Waals surface area contributed by atoms with Crippen molar-refractivity contribution in [2.45, 2.75) is 13.0 Å². The topological polar surface area (TPSA) is 75.5 Å². The molecule has 2 rings (SSSR count). The standard InChI is InChI=1S/C13H21BrN4O3S/c1-22(20,21)9-8-16-4-6-17(7-5-16)13(19)2-3-18-11-12(14)10-15-18/h10-11H,2-9H2,1H3. The number of nitrogens with zero attached hydrogens (tertiary/aromatic N) is 4. The predicted octanol–water partition coefficient (Wildman–Crippen LogP) is 0.225. The number of aromatic nitrogens is 2. The summed E-state index contributed by atoms with van der Waals surface area (Å²) in [6.07, 6.45) is 5.22. The van der Waals surface area contributed by atoms with Gasteiger partial charge in [0.05, 0.1) is 16.4 Å². The molecule has 0 atom stereocenters. The van der Waals surface area contributed by atoms with E-state index in [0.29, 0.717) is 32.6 Å². The summed E-state index contributed by atoms with van der Waals surface area (Å²) in [7, 11) is -2.93. The Hall–Kier alpha value is -0.930. The maximum Gasteiger partial charge on any atom is 0.224 e. The first kappa shape index (κ1) is 17.4. The Bertz CT molecular complexity index is 609. The summed E-state index contributed by atoms with van der Waals surface area (Å²) in [5, 5.41) is 4.13. The van der Waals surface area contributed by atoms with E-state index in [4.69, 9.17) is 0 Å². The van der Waals surface area contributed by atoms with Gasteiger partial charge in [0, 0.05) is 58.1 Å². The first-order valence-electron chi connectivity index (χ1n) is 7.19. The van der Waals surface area contributed by atoms with Crippen molar-refractivity contribution in [3.63, 3.8) is 0 Å². The Morgan fingerprint density at radius 2 is 1.95 bits per heavy atom. The van der Waals surface area contributed by atoms with Crippen LogP contribution in [0.2, 0.25) is 0 Å². The van der Waals surface area contributed by atoms with Crippen LogP contribution in [0.5, 0.6) is 0 Å². The third kappa shape index (κ3) is 5.69. The molecule has 0 aromatic carbocycles. The molecule has 1 aromatic heterocycles. The van der Waals surface area contributed by atoms with E-state index < -0.39 is 9.84 Å². The van der Waals surface area contributed by atoms with E-state index in [0.717, 1.165) is 17.6 Å². The van der Waals surface area contributed by atoms with Crippen LogP contribution in [0.15, 0.2) is 16.9 Å². The van der Waals surface area contributed by atoms with Crippen molar-refractivity contribution in [3.05, 3.63) is 16.9 Å². The molecule has 124 valence electrons. The average Bonchev–Trinajstić information content (AvgIpc) is 2.88. The van der Waals surface area contributed by atoms with Crippen LogP contribution >= 0.6 is 15.9 Å². The summed E-state index contributed by atoms with van der Waals surface area (Å²) < 4.78 is 25.0. The van der Waals surface area contributed by atoms with Gasteiger partial charge in [-0.1, -0.05) is 0 Å². The second-order valence-corrected chi connectivity index (χ2v) is 8.70. The van der Waals surface area contributed by atoms with Crippen molar-refractivity contribution < 1.29 is 13.2 Å². The van der Waals surface area contributed by atoms with Crippen LogP contribution < -0.4 is 0 Å². The lowest BCUT2D eigenvalue weighted by atomic mass is 10.2. The van der Waals surface area contributed by atoms with E-state index in [1.54, 1.807) is 10.9 Å². The molecule has 1 saturated heterocycles. The van der Waals surface area contributed by atoms with Crippen molar-refractivity contribution in [2.24, 2.45) is 0 Å². The predicted molar refractivity (Wildman–Crippen MR) is 87.3 cm³/mol. The van der Waals surface area contributed by atoms with Crippen LogP contribution in [0.4, 0.5) is 0 Å². The molecular formula is C13H21BrN4O3S. The maximum absolute atomic E-state index is 12.2. The lowest BCUT2D eigenvalue weighted by Gasteiger charge is -2.34. The molecule has 1 amide bonds. The van der Waals surface area contributed by atoms with Gasteiger partial charge >= 0.3 is 0 Å². The van der Waals surface area contributed by atoms with Crippen molar-refractivity contribution in [1.82, 2.24) is 19.6 Å². The van der Waals surface area contributed by atoms with Crippen LogP contribution in [-0.2, 0) is 21.2 Å². The summed E-state index contributed by atoms with van der Waals surface area (Å²) in [5.74, 6) is 0.296. The number of halogens is 1. The van der Waals surface area contributed by atoms with E-state index in [1.807, 2.05) is 11.1 Å². The summed E-state index contributed by atoms with van der Waals surface area (Å²) in [6.45, 7) is 3.89. The van der Waals surface area contributed by atoms with Gasteiger partial charge in [0.25, 0.3) is 0 Å². The fourth-order valence-electron chi connectivity index (χ4n) is 2.34. The molecule has 0 saturated carbocycles. The number of carbonyl (C=O) groups is 1. The highest BCUT2D eigenvalue weighted by Gasteiger charge is 2.21. The second kappa shape index (κ2) is 7.56. The number of carbonyl (C=O) groups excluding carboxylic acids is 1. The number of piperazine rings is 1. The van der Waals surface area contributed by atoms with Crippen molar-refractivity contribution in [2.75, 3.05) is 44.7 Å². The Kier molecular flexibility index (Phi) is 5.99. The zero-order chi connectivity index (χ0) is 16.2. The number of aryl methyl sites for hydroxylation is 1. The van der Waals surface area contributed by atoms with Gasteiger partial charge in [0.1, 0.15) is 9.84 Å². The fraction of sp³-hybridized carbons (Fsp3) is 0.692. The highest BCUT2D eigenvalue weighted by atomic mass is 79.9. The minimum Gasteiger partial charge on any atom is -0.340 e. The van der Waals surface area contributed by atoms with E-state index in [1.165, 1.54) is 6.26 Å². The van der Waals surface area contributed by atoms with E-state index in [2.05, 4.69) is 25.9 Å². The number of sulfone groups is 1. The lowest BCUT2D eigenvalue weighted by molar-refractivity contribution is -0.133. The molecule has 1 fully saturated rings. The first-order chi connectivity index (χ1) is 10.3. The van der Waals surface area contributed by atoms with Gasteiger partial charge in [-0.25, -0.2) is 8.42 Å². The summed E-state index contributed by atoms with van der Waals surface area (Å²) in [5.41, 5.74) is 0. The monoisotopic (exact) mass is 392 g/mol. The van der Waals surface area contributed by atoms with Crippen LogP contribution in [-0.4, -0.2) is 78.6 Å². The molecule has 7 nitrogen and oxygen atoms in total. The minimum atomic E-state index is -2.93. The minimum absolute atomic E-state index is 0.120. The van der Waals surface area contributed by atoms with Crippen LogP contribution in [0.1, 0.15) is 6.42 Å². The van der Waals surface area contributed by atoms with E-state index in [-0.39, 0.29) is 11.7 Å². The Morgan fingerprint density at radius 1 is 1.27 bits per heavy atom. The number of hydrogen-bond donors (Lipinski definition) is 0. The number of amides is 1. The maximum atomic E-state index is 12.2. The largest absolute Gasteiger partial charge is 0.340 e. The molecule has 0 aliphatic carbocycles. The van der Waals surface area contributed by atoms with Crippen molar-refractivity contribution >= 4 is 31.7 Å². The third-order valence-electron chi connectivity index (χ3n) is 3.66. The SMILES string of the molecule is CS(=O)(=O)CCN1CCN(C(=O)CCn2cc(Br)cn2)CC1. The lowest BCUT2D eigenvalue weighted by Crippen LogP contribution is -2.49. The molecule has 1 aromatic rings. The van der Waals surface area contributed by atoms with Gasteiger partial charge in [-0.2, -0.15) is 5.10 Å². The van der Waals surface area contributed by atoms with Gasteiger partial charge in [-0.05, 0) is 15.9 Å². The Morgan fingerprint density at radius 3 is 2.50 bits per heavy atom. The molecule has 1 aliphatic heterocycles. The molecule has 0 bridgehead atoms. The van der Waals surface area contributed by atoms with Gasteiger partial charge in [0.15, 0.2) is 0 Å². The van der Waals surface area contributed by atoms with Crippen LogP contribution in [0.25, 0.3) is 0 Å². The smallest absolute Gasteiger partial charge is 0.224 e. The van der Waals surface area contributed by atoms with Crippen molar-refractivity contribution in [3.8, 4) is 0 Å². The summed E-state index contributed by atoms with van der Waals surface area (Å²) in [4.78, 5) is 16.1. The van der Waals surface area contributed by atoms with Crippen LogP contribution in [0, 0.1) is 0 Å². The Balaban J connectivity index is 1.70. The summed E-state index contributed by atoms with van der Waals surface area (Å²) >= 11 is 3.32. The molecule has 9 heteroatoms. The molecule has 1 aliphatic rings. The van der Waals surface area contributed by atoms with Crippen LogP contribution in [0.3, 0.4) is 0 Å². The molecular weight excluding hydrogens is 372 g/mol. The normalized spacial score (nSPS) is 16.9. The second-order valence-electron chi connectivity index (χ2n) is 5.52. The molecule has 0 radical (unpaired) electrons. The highest BCUT2D eigenvalue weighted by molar-refractivity contribution is 9.10. The fourth-order valence-corrected chi connectivity index (χ4v) is 3.26. The zero-order valence-electron chi connectivity index (χ0n) is 12.6. The first-order valence-corrected chi connectivity index (χ1v) is 10.0. The summed E-state index contributed by atoms with van der Waals surface area (Å²) in [6, 6.07) is 0. The third-order valence-corrected chi connectivity index (χ3v) is 4.99. The van der Waals surface area contributed by atoms with E-state index in [9.17, 15) is 13.2 Å². The molecule has 0 spiro atoms. The van der Waals surface area contributed by atoms with Crippen molar-refractivity contribution in [1.29, 1.82) is 0 Å². The van der Waals surface area contributed by atoms with Gasteiger partial charge < -0.3 is 4.90 Å². The highest BCUT2D eigenvalue weighted by Crippen LogP contribution is 2.08. The molecule has 0 unspecified atom stereocenters. The van der Waals surface area contributed by atoms with Gasteiger partial charge in [-0.3, -0.25) is 14.4 Å². The molecule has 2 heterocycles. The van der Waals surface area contributed by atoms with E-state index >= 15 is 0 Å². The van der Waals surface area contributed by atoms with Gasteiger partial charge in [-0.15, -0.1) is 0 Å². The average molecular weight is 393 g/mol. The number of rotatable bonds is 6. The molecule has 0 N–H and O–H groups in total. The Labute approximate surface area is 139 Å².